The van der Waals surface area contributed by atoms with Gasteiger partial charge < -0.3 is 0 Å². The van der Waals surface area contributed by atoms with E-state index in [9.17, 15) is 9.18 Å². The SMILES string of the molecule is O=C1CCC(CCc2ccccc2F)CC1. The highest BCUT2D eigenvalue weighted by atomic mass is 19.1. The van der Waals surface area contributed by atoms with E-state index in [1.54, 1.807) is 6.07 Å². The third-order valence-electron chi connectivity index (χ3n) is 3.44. The first kappa shape index (κ1) is 11.3. The molecule has 1 aromatic rings. The maximum absolute atomic E-state index is 13.4. The number of halogens is 1. The second-order valence-corrected chi connectivity index (χ2v) is 4.61. The molecule has 0 unspecified atom stereocenters. The second kappa shape index (κ2) is 5.24. The van der Waals surface area contributed by atoms with Gasteiger partial charge in [-0.15, -0.1) is 0 Å². The lowest BCUT2D eigenvalue weighted by Crippen LogP contribution is -2.14. The molecule has 86 valence electrons. The van der Waals surface area contributed by atoms with Crippen LogP contribution in [0, 0.1) is 11.7 Å². The fraction of sp³-hybridized carbons (Fsp3) is 0.500. The van der Waals surface area contributed by atoms with Crippen molar-refractivity contribution in [2.75, 3.05) is 0 Å². The quantitative estimate of drug-likeness (QED) is 0.761. The number of rotatable bonds is 3. The maximum Gasteiger partial charge on any atom is 0.132 e. The Morgan fingerprint density at radius 2 is 1.88 bits per heavy atom. The molecule has 0 aromatic heterocycles. The Morgan fingerprint density at radius 1 is 1.19 bits per heavy atom. The molecule has 0 spiro atoms. The predicted molar refractivity (Wildman–Crippen MR) is 61.7 cm³/mol. The summed E-state index contributed by atoms with van der Waals surface area (Å²) in [6.45, 7) is 0. The van der Waals surface area contributed by atoms with Crippen LogP contribution in [0.3, 0.4) is 0 Å². The molecular formula is C14H17FO. The maximum atomic E-state index is 13.4. The molecule has 1 nitrogen and oxygen atoms in total. The van der Waals surface area contributed by atoms with Gasteiger partial charge in [-0.2, -0.15) is 0 Å². The Hall–Kier alpha value is -1.18. The van der Waals surface area contributed by atoms with Gasteiger partial charge in [0.1, 0.15) is 11.6 Å². The zero-order valence-electron chi connectivity index (χ0n) is 9.42. The summed E-state index contributed by atoms with van der Waals surface area (Å²) in [5.74, 6) is 0.897. The summed E-state index contributed by atoms with van der Waals surface area (Å²) in [5, 5.41) is 0. The normalized spacial score (nSPS) is 17.7. The molecule has 1 fully saturated rings. The van der Waals surface area contributed by atoms with Crippen molar-refractivity contribution in [3.8, 4) is 0 Å². The Kier molecular flexibility index (Phi) is 3.70. The Labute approximate surface area is 95.7 Å². The molecule has 0 saturated heterocycles. The lowest BCUT2D eigenvalue weighted by Gasteiger charge is -2.20. The van der Waals surface area contributed by atoms with Crippen LogP contribution in [-0.4, -0.2) is 5.78 Å². The molecule has 2 rings (SSSR count). The highest BCUT2D eigenvalue weighted by Crippen LogP contribution is 2.26. The first-order chi connectivity index (χ1) is 7.75. The zero-order valence-corrected chi connectivity index (χ0v) is 9.42. The first-order valence-electron chi connectivity index (χ1n) is 6.01. The molecule has 0 amide bonds. The molecule has 1 saturated carbocycles. The largest absolute Gasteiger partial charge is 0.300 e. The summed E-state index contributed by atoms with van der Waals surface area (Å²) < 4.78 is 13.4. The van der Waals surface area contributed by atoms with Gasteiger partial charge in [-0.05, 0) is 43.2 Å². The van der Waals surface area contributed by atoms with Crippen LogP contribution in [0.25, 0.3) is 0 Å². The molecular weight excluding hydrogens is 203 g/mol. The monoisotopic (exact) mass is 220 g/mol. The molecule has 2 heteroatoms. The summed E-state index contributed by atoms with van der Waals surface area (Å²) in [4.78, 5) is 11.1. The Bertz CT molecular complexity index is 363. The fourth-order valence-electron chi connectivity index (χ4n) is 2.35. The molecule has 1 aliphatic carbocycles. The topological polar surface area (TPSA) is 17.1 Å². The van der Waals surface area contributed by atoms with Crippen LogP contribution >= 0.6 is 0 Å². The number of carbonyl (C=O) groups is 1. The minimum Gasteiger partial charge on any atom is -0.300 e. The van der Waals surface area contributed by atoms with Crippen molar-refractivity contribution < 1.29 is 9.18 Å². The molecule has 0 aliphatic heterocycles. The predicted octanol–water partition coefficient (Wildman–Crippen LogP) is 3.52. The Morgan fingerprint density at radius 3 is 2.56 bits per heavy atom. The molecule has 0 radical (unpaired) electrons. The molecule has 0 bridgehead atoms. The summed E-state index contributed by atoms with van der Waals surface area (Å²) in [6.07, 6.45) is 5.24. The van der Waals surface area contributed by atoms with E-state index in [1.807, 2.05) is 12.1 Å². The molecule has 0 heterocycles. The number of Topliss-reactive ketones (excluding diaryl/α,β-unsaturated/α-hetero) is 1. The first-order valence-corrected chi connectivity index (χ1v) is 6.01. The van der Waals surface area contributed by atoms with Crippen molar-refractivity contribution in [2.45, 2.75) is 38.5 Å². The fourth-order valence-corrected chi connectivity index (χ4v) is 2.35. The van der Waals surface area contributed by atoms with E-state index in [4.69, 9.17) is 0 Å². The number of hydrogen-bond acceptors (Lipinski definition) is 1. The van der Waals surface area contributed by atoms with Gasteiger partial charge in [0.2, 0.25) is 0 Å². The van der Waals surface area contributed by atoms with E-state index in [0.717, 1.165) is 44.1 Å². The standard InChI is InChI=1S/C14H17FO/c15-14-4-2-1-3-12(14)8-5-11-6-9-13(16)10-7-11/h1-4,11H,5-10H2. The lowest BCUT2D eigenvalue weighted by atomic mass is 9.84. The van der Waals surface area contributed by atoms with E-state index in [0.29, 0.717) is 11.7 Å². The van der Waals surface area contributed by atoms with Gasteiger partial charge in [-0.25, -0.2) is 4.39 Å². The van der Waals surface area contributed by atoms with Crippen LogP contribution in [0.4, 0.5) is 4.39 Å². The van der Waals surface area contributed by atoms with Gasteiger partial charge in [-0.1, -0.05) is 18.2 Å². The lowest BCUT2D eigenvalue weighted by molar-refractivity contribution is -0.121. The van der Waals surface area contributed by atoms with Crippen LogP contribution < -0.4 is 0 Å². The van der Waals surface area contributed by atoms with Crippen molar-refractivity contribution in [1.29, 1.82) is 0 Å². The van der Waals surface area contributed by atoms with E-state index in [-0.39, 0.29) is 5.82 Å². The summed E-state index contributed by atoms with van der Waals surface area (Å²) in [5.41, 5.74) is 0.805. The van der Waals surface area contributed by atoms with Gasteiger partial charge in [0.15, 0.2) is 0 Å². The number of hydrogen-bond donors (Lipinski definition) is 0. The van der Waals surface area contributed by atoms with E-state index < -0.39 is 0 Å². The number of ketones is 1. The van der Waals surface area contributed by atoms with Gasteiger partial charge in [0, 0.05) is 12.8 Å². The minimum atomic E-state index is -0.102. The van der Waals surface area contributed by atoms with Crippen LogP contribution in [0.5, 0.6) is 0 Å². The second-order valence-electron chi connectivity index (χ2n) is 4.61. The van der Waals surface area contributed by atoms with Gasteiger partial charge >= 0.3 is 0 Å². The third-order valence-corrected chi connectivity index (χ3v) is 3.44. The van der Waals surface area contributed by atoms with E-state index >= 15 is 0 Å². The zero-order chi connectivity index (χ0) is 11.4. The van der Waals surface area contributed by atoms with Crippen molar-refractivity contribution in [3.05, 3.63) is 35.6 Å². The van der Waals surface area contributed by atoms with E-state index in [1.165, 1.54) is 6.07 Å². The van der Waals surface area contributed by atoms with Crippen LogP contribution in [0.15, 0.2) is 24.3 Å². The van der Waals surface area contributed by atoms with Crippen LogP contribution in [0.2, 0.25) is 0 Å². The molecule has 1 aliphatic rings. The summed E-state index contributed by atoms with van der Waals surface area (Å²) in [6, 6.07) is 6.96. The highest BCUT2D eigenvalue weighted by Gasteiger charge is 2.18. The van der Waals surface area contributed by atoms with Crippen LogP contribution in [-0.2, 0) is 11.2 Å². The van der Waals surface area contributed by atoms with Crippen molar-refractivity contribution in [2.24, 2.45) is 5.92 Å². The molecule has 1 aromatic carbocycles. The summed E-state index contributed by atoms with van der Waals surface area (Å²) in [7, 11) is 0. The molecule has 16 heavy (non-hydrogen) atoms. The number of carbonyl (C=O) groups excluding carboxylic acids is 1. The summed E-state index contributed by atoms with van der Waals surface area (Å²) >= 11 is 0. The van der Waals surface area contributed by atoms with Crippen molar-refractivity contribution in [1.82, 2.24) is 0 Å². The van der Waals surface area contributed by atoms with Gasteiger partial charge in [-0.3, -0.25) is 4.79 Å². The smallest absolute Gasteiger partial charge is 0.132 e. The third kappa shape index (κ3) is 2.91. The molecule has 0 atom stereocenters. The average molecular weight is 220 g/mol. The number of benzene rings is 1. The highest BCUT2D eigenvalue weighted by molar-refractivity contribution is 5.78. The van der Waals surface area contributed by atoms with Crippen LogP contribution in [0.1, 0.15) is 37.7 Å². The molecule has 0 N–H and O–H groups in total. The van der Waals surface area contributed by atoms with Gasteiger partial charge in [0.05, 0.1) is 0 Å². The Balaban J connectivity index is 1.84. The van der Waals surface area contributed by atoms with Crippen molar-refractivity contribution in [3.63, 3.8) is 0 Å². The van der Waals surface area contributed by atoms with Gasteiger partial charge in [0.25, 0.3) is 0 Å². The minimum absolute atomic E-state index is 0.102. The van der Waals surface area contributed by atoms with Crippen molar-refractivity contribution >= 4 is 5.78 Å². The average Bonchev–Trinajstić information content (AvgIpc) is 2.30. The number of aryl methyl sites for hydroxylation is 1. The van der Waals surface area contributed by atoms with E-state index in [2.05, 4.69) is 0 Å².